The second kappa shape index (κ2) is 5.16. The van der Waals surface area contributed by atoms with Crippen LogP contribution in [0.1, 0.15) is 29.3 Å². The van der Waals surface area contributed by atoms with Crippen LogP contribution >= 0.6 is 11.6 Å². The van der Waals surface area contributed by atoms with Gasteiger partial charge >= 0.3 is 5.97 Å². The van der Waals surface area contributed by atoms with E-state index >= 15 is 0 Å². The number of nitrogens with zero attached hydrogens (tertiary/aromatic N) is 1. The molecule has 0 saturated heterocycles. The molecule has 0 fully saturated rings. The van der Waals surface area contributed by atoms with Crippen LogP contribution in [0.15, 0.2) is 6.20 Å². The number of pyridine rings is 1. The third-order valence-electron chi connectivity index (χ3n) is 1.72. The number of rotatable bonds is 3. The van der Waals surface area contributed by atoms with E-state index in [9.17, 15) is 18.0 Å². The highest BCUT2D eigenvalue weighted by Crippen LogP contribution is 2.27. The van der Waals surface area contributed by atoms with E-state index in [1.165, 1.54) is 6.92 Å². The Bertz CT molecular complexity index is 412. The fourth-order valence-corrected chi connectivity index (χ4v) is 1.20. The number of alkyl halides is 2. The summed E-state index contributed by atoms with van der Waals surface area (Å²) in [6, 6.07) is 0. The average molecular weight is 254 g/mol. The maximum Gasteiger partial charge on any atom is 0.341 e. The lowest BCUT2D eigenvalue weighted by atomic mass is 10.1. The predicted molar refractivity (Wildman–Crippen MR) is 50.1 cm³/mol. The van der Waals surface area contributed by atoms with E-state index in [-0.39, 0.29) is 6.61 Å². The first-order valence-electron chi connectivity index (χ1n) is 4.28. The zero-order chi connectivity index (χ0) is 12.3. The minimum atomic E-state index is -3.03. The smallest absolute Gasteiger partial charge is 0.341 e. The van der Waals surface area contributed by atoms with Gasteiger partial charge in [0.15, 0.2) is 11.0 Å². The van der Waals surface area contributed by atoms with Gasteiger partial charge < -0.3 is 4.74 Å². The highest BCUT2D eigenvalue weighted by molar-refractivity contribution is 6.29. The lowest BCUT2D eigenvalue weighted by Gasteiger charge is -2.09. The van der Waals surface area contributed by atoms with Crippen molar-refractivity contribution in [2.45, 2.75) is 13.3 Å². The number of aromatic nitrogens is 1. The Morgan fingerprint density at radius 3 is 2.75 bits per heavy atom. The molecule has 0 radical (unpaired) electrons. The van der Waals surface area contributed by atoms with Crippen LogP contribution < -0.4 is 0 Å². The van der Waals surface area contributed by atoms with E-state index in [1.807, 2.05) is 0 Å². The topological polar surface area (TPSA) is 39.2 Å². The maximum absolute atomic E-state index is 13.4. The number of ether oxygens (including phenoxy) is 1. The molecule has 0 atom stereocenters. The summed E-state index contributed by atoms with van der Waals surface area (Å²) in [5.41, 5.74) is -1.70. The molecule has 1 rings (SSSR count). The van der Waals surface area contributed by atoms with Crippen molar-refractivity contribution >= 4 is 17.6 Å². The summed E-state index contributed by atoms with van der Waals surface area (Å²) in [5, 5.41) is -0.646. The molecule has 0 spiro atoms. The molecule has 0 N–H and O–H groups in total. The van der Waals surface area contributed by atoms with Crippen molar-refractivity contribution in [2.75, 3.05) is 6.61 Å². The van der Waals surface area contributed by atoms with Gasteiger partial charge in [0.1, 0.15) is 5.56 Å². The highest BCUT2D eigenvalue weighted by Gasteiger charge is 2.26. The summed E-state index contributed by atoms with van der Waals surface area (Å²) in [4.78, 5) is 14.5. The summed E-state index contributed by atoms with van der Waals surface area (Å²) in [7, 11) is 0. The third kappa shape index (κ3) is 2.44. The maximum atomic E-state index is 13.4. The summed E-state index contributed by atoms with van der Waals surface area (Å²) in [6.07, 6.45) is -2.37. The Kier molecular flexibility index (Phi) is 4.12. The second-order valence-corrected chi connectivity index (χ2v) is 3.07. The average Bonchev–Trinajstić information content (AvgIpc) is 2.21. The largest absolute Gasteiger partial charge is 0.462 e. The number of hydrogen-bond acceptors (Lipinski definition) is 3. The molecule has 0 aliphatic heterocycles. The van der Waals surface area contributed by atoms with Gasteiger partial charge in [0, 0.05) is 6.20 Å². The molecule has 0 aromatic carbocycles. The summed E-state index contributed by atoms with van der Waals surface area (Å²) in [6.45, 7) is 1.42. The molecule has 0 bridgehead atoms. The molecular weight excluding hydrogens is 247 g/mol. The van der Waals surface area contributed by atoms with Crippen molar-refractivity contribution in [3.63, 3.8) is 0 Å². The predicted octanol–water partition coefficient (Wildman–Crippen LogP) is 2.99. The standard InChI is InChI=1S/C9H7ClF3NO2/c1-2-16-9(15)5-4(8(12)13)3-14-7(10)6(5)11/h3,8H,2H2,1H3. The van der Waals surface area contributed by atoms with Gasteiger partial charge in [-0.05, 0) is 6.92 Å². The van der Waals surface area contributed by atoms with Crippen LogP contribution in [0.25, 0.3) is 0 Å². The van der Waals surface area contributed by atoms with E-state index in [1.54, 1.807) is 0 Å². The highest BCUT2D eigenvalue weighted by atomic mass is 35.5. The minimum Gasteiger partial charge on any atom is -0.462 e. The van der Waals surface area contributed by atoms with E-state index in [4.69, 9.17) is 11.6 Å². The quantitative estimate of drug-likeness (QED) is 0.614. The Morgan fingerprint density at radius 2 is 2.25 bits per heavy atom. The van der Waals surface area contributed by atoms with Crippen molar-refractivity contribution in [2.24, 2.45) is 0 Å². The molecular formula is C9H7ClF3NO2. The van der Waals surface area contributed by atoms with Crippen LogP contribution in [-0.4, -0.2) is 17.6 Å². The molecule has 1 heterocycles. The fourth-order valence-electron chi connectivity index (χ4n) is 1.05. The zero-order valence-electron chi connectivity index (χ0n) is 8.14. The van der Waals surface area contributed by atoms with Crippen LogP contribution in [0.2, 0.25) is 5.15 Å². The van der Waals surface area contributed by atoms with Crippen molar-refractivity contribution in [1.82, 2.24) is 4.98 Å². The monoisotopic (exact) mass is 253 g/mol. The Balaban J connectivity index is 3.31. The van der Waals surface area contributed by atoms with Gasteiger partial charge in [-0.1, -0.05) is 11.6 Å². The van der Waals surface area contributed by atoms with Crippen molar-refractivity contribution in [3.8, 4) is 0 Å². The first kappa shape index (κ1) is 12.8. The summed E-state index contributed by atoms with van der Waals surface area (Å²) < 4.78 is 42.8. The molecule has 0 saturated carbocycles. The van der Waals surface area contributed by atoms with Gasteiger partial charge in [0.05, 0.1) is 12.2 Å². The molecule has 1 aromatic heterocycles. The minimum absolute atomic E-state index is 0.0547. The van der Waals surface area contributed by atoms with E-state index in [0.717, 1.165) is 0 Å². The molecule has 7 heteroatoms. The Labute approximate surface area is 94.2 Å². The lowest BCUT2D eigenvalue weighted by Crippen LogP contribution is -2.12. The summed E-state index contributed by atoms with van der Waals surface area (Å²) in [5.74, 6) is -2.47. The van der Waals surface area contributed by atoms with Crippen molar-refractivity contribution in [3.05, 3.63) is 28.3 Å². The Hall–Kier alpha value is -1.30. The fraction of sp³-hybridized carbons (Fsp3) is 0.333. The number of carbonyl (C=O) groups excluding carboxylic acids is 1. The normalized spacial score (nSPS) is 10.6. The number of hydrogen-bond donors (Lipinski definition) is 0. The van der Waals surface area contributed by atoms with Gasteiger partial charge in [-0.2, -0.15) is 0 Å². The number of halogens is 4. The van der Waals surface area contributed by atoms with Gasteiger partial charge in [0.25, 0.3) is 6.43 Å². The van der Waals surface area contributed by atoms with Crippen molar-refractivity contribution < 1.29 is 22.7 Å². The molecule has 3 nitrogen and oxygen atoms in total. The molecule has 16 heavy (non-hydrogen) atoms. The van der Waals surface area contributed by atoms with E-state index < -0.39 is 34.5 Å². The van der Waals surface area contributed by atoms with Crippen LogP contribution in [0.4, 0.5) is 13.2 Å². The number of esters is 1. The van der Waals surface area contributed by atoms with Crippen LogP contribution in [-0.2, 0) is 4.74 Å². The Morgan fingerprint density at radius 1 is 1.62 bits per heavy atom. The summed E-state index contributed by atoms with van der Waals surface area (Å²) >= 11 is 5.30. The molecule has 0 aliphatic rings. The molecule has 0 amide bonds. The zero-order valence-corrected chi connectivity index (χ0v) is 8.89. The third-order valence-corrected chi connectivity index (χ3v) is 1.98. The van der Waals surface area contributed by atoms with E-state index in [0.29, 0.717) is 6.20 Å². The van der Waals surface area contributed by atoms with Crippen LogP contribution in [0, 0.1) is 5.82 Å². The molecule has 1 aromatic rings. The van der Waals surface area contributed by atoms with Gasteiger partial charge in [-0.25, -0.2) is 22.9 Å². The lowest BCUT2D eigenvalue weighted by molar-refractivity contribution is 0.0509. The van der Waals surface area contributed by atoms with Gasteiger partial charge in [-0.3, -0.25) is 0 Å². The van der Waals surface area contributed by atoms with Gasteiger partial charge in [-0.15, -0.1) is 0 Å². The number of carbonyl (C=O) groups is 1. The van der Waals surface area contributed by atoms with E-state index in [2.05, 4.69) is 9.72 Å². The van der Waals surface area contributed by atoms with Crippen LogP contribution in [0.5, 0.6) is 0 Å². The van der Waals surface area contributed by atoms with Crippen molar-refractivity contribution in [1.29, 1.82) is 0 Å². The first-order chi connectivity index (χ1) is 7.49. The first-order valence-corrected chi connectivity index (χ1v) is 4.66. The molecule has 88 valence electrons. The second-order valence-electron chi connectivity index (χ2n) is 2.71. The van der Waals surface area contributed by atoms with Crippen LogP contribution in [0.3, 0.4) is 0 Å². The molecule has 0 unspecified atom stereocenters. The molecule has 0 aliphatic carbocycles. The SMILES string of the molecule is CCOC(=O)c1c(C(F)F)cnc(Cl)c1F. The van der Waals surface area contributed by atoms with Gasteiger partial charge in [0.2, 0.25) is 0 Å².